The summed E-state index contributed by atoms with van der Waals surface area (Å²) in [5, 5.41) is 2.71. The molecule has 0 aromatic heterocycles. The molecule has 28 heavy (non-hydrogen) atoms. The number of nitrogens with one attached hydrogen (secondary N) is 1. The first-order valence-electron chi connectivity index (χ1n) is 9.03. The summed E-state index contributed by atoms with van der Waals surface area (Å²) in [6.45, 7) is 3.71. The number of benzene rings is 2. The van der Waals surface area contributed by atoms with E-state index in [0.29, 0.717) is 12.3 Å². The molecule has 0 fully saturated rings. The molecule has 1 N–H and O–H groups in total. The fourth-order valence-electron chi connectivity index (χ4n) is 2.66. The zero-order valence-corrected chi connectivity index (χ0v) is 16.3. The summed E-state index contributed by atoms with van der Waals surface area (Å²) in [4.78, 5) is 26.5. The predicted molar refractivity (Wildman–Crippen MR) is 104 cm³/mol. The van der Waals surface area contributed by atoms with Crippen LogP contribution in [-0.2, 0) is 16.1 Å². The van der Waals surface area contributed by atoms with Crippen LogP contribution in [0.1, 0.15) is 19.4 Å². The maximum atomic E-state index is 13.7. The van der Waals surface area contributed by atoms with Crippen LogP contribution in [-0.4, -0.2) is 43.0 Å². The zero-order chi connectivity index (χ0) is 20.5. The minimum Gasteiger partial charge on any atom is -0.497 e. The maximum Gasteiger partial charge on any atom is 0.261 e. The van der Waals surface area contributed by atoms with E-state index >= 15 is 0 Å². The predicted octanol–water partition coefficient (Wildman–Crippen LogP) is 2.77. The Bertz CT molecular complexity index is 812. The number of carbonyl (C=O) groups is 2. The van der Waals surface area contributed by atoms with E-state index in [1.807, 2.05) is 12.1 Å². The molecule has 0 spiro atoms. The van der Waals surface area contributed by atoms with Crippen molar-refractivity contribution in [2.45, 2.75) is 26.4 Å². The fourth-order valence-corrected chi connectivity index (χ4v) is 2.66. The van der Waals surface area contributed by atoms with Crippen molar-refractivity contribution < 1.29 is 23.5 Å². The molecule has 7 heteroatoms. The molecule has 2 aromatic carbocycles. The van der Waals surface area contributed by atoms with Gasteiger partial charge in [0.25, 0.3) is 5.91 Å². The van der Waals surface area contributed by atoms with Crippen molar-refractivity contribution in [3.05, 3.63) is 59.9 Å². The topological polar surface area (TPSA) is 67.9 Å². The Morgan fingerprint density at radius 1 is 1.18 bits per heavy atom. The van der Waals surface area contributed by atoms with Gasteiger partial charge in [-0.05, 0) is 43.7 Å². The summed E-state index contributed by atoms with van der Waals surface area (Å²) in [7, 11) is 1.56. The summed E-state index contributed by atoms with van der Waals surface area (Å²) in [5.74, 6) is -0.609. The summed E-state index contributed by atoms with van der Waals surface area (Å²) >= 11 is 0. The van der Waals surface area contributed by atoms with Crippen LogP contribution < -0.4 is 14.8 Å². The van der Waals surface area contributed by atoms with Crippen molar-refractivity contribution in [1.82, 2.24) is 10.2 Å². The molecule has 0 bridgehead atoms. The van der Waals surface area contributed by atoms with Crippen LogP contribution in [0.15, 0.2) is 48.5 Å². The molecule has 1 atom stereocenters. The van der Waals surface area contributed by atoms with Crippen molar-refractivity contribution in [2.75, 3.05) is 20.3 Å². The molecule has 6 nitrogen and oxygen atoms in total. The van der Waals surface area contributed by atoms with Crippen LogP contribution in [0.5, 0.6) is 11.5 Å². The summed E-state index contributed by atoms with van der Waals surface area (Å²) in [5.41, 5.74) is 0.801. The van der Waals surface area contributed by atoms with Gasteiger partial charge in [0.2, 0.25) is 5.91 Å². The lowest BCUT2D eigenvalue weighted by atomic mass is 10.1. The molecule has 2 aromatic rings. The van der Waals surface area contributed by atoms with Crippen LogP contribution in [0.25, 0.3) is 0 Å². The van der Waals surface area contributed by atoms with Gasteiger partial charge in [0.05, 0.1) is 7.11 Å². The number of ether oxygens (including phenoxy) is 2. The quantitative estimate of drug-likeness (QED) is 0.717. The van der Waals surface area contributed by atoms with Crippen LogP contribution in [0.4, 0.5) is 4.39 Å². The third-order valence-corrected chi connectivity index (χ3v) is 4.19. The van der Waals surface area contributed by atoms with Crippen molar-refractivity contribution in [2.24, 2.45) is 0 Å². The molecule has 0 radical (unpaired) electrons. The number of halogens is 1. The van der Waals surface area contributed by atoms with Crippen LogP contribution in [0.2, 0.25) is 0 Å². The first-order valence-corrected chi connectivity index (χ1v) is 9.03. The highest BCUT2D eigenvalue weighted by Gasteiger charge is 2.26. The van der Waals surface area contributed by atoms with E-state index < -0.39 is 17.8 Å². The van der Waals surface area contributed by atoms with E-state index in [1.165, 1.54) is 23.1 Å². The molecule has 0 aliphatic heterocycles. The van der Waals surface area contributed by atoms with Gasteiger partial charge >= 0.3 is 0 Å². The van der Waals surface area contributed by atoms with Gasteiger partial charge in [0.1, 0.15) is 11.8 Å². The lowest BCUT2D eigenvalue weighted by molar-refractivity contribution is -0.142. The number of para-hydroxylation sites is 1. The third kappa shape index (κ3) is 5.70. The summed E-state index contributed by atoms with van der Waals surface area (Å²) in [6.07, 6.45) is 0. The molecule has 0 heterocycles. The van der Waals surface area contributed by atoms with Crippen LogP contribution >= 0.6 is 0 Å². The number of amides is 2. The van der Waals surface area contributed by atoms with Gasteiger partial charge in [0, 0.05) is 13.1 Å². The number of methoxy groups -OCH3 is 1. The molecule has 2 amide bonds. The number of hydrogen-bond donors (Lipinski definition) is 1. The third-order valence-electron chi connectivity index (χ3n) is 4.19. The molecule has 2 rings (SSSR count). The normalized spacial score (nSPS) is 11.4. The monoisotopic (exact) mass is 388 g/mol. The van der Waals surface area contributed by atoms with Gasteiger partial charge in [0.15, 0.2) is 18.2 Å². The second-order valence-corrected chi connectivity index (χ2v) is 6.16. The van der Waals surface area contributed by atoms with Gasteiger partial charge < -0.3 is 19.7 Å². The molecule has 0 aliphatic carbocycles. The van der Waals surface area contributed by atoms with Crippen molar-refractivity contribution >= 4 is 11.8 Å². The maximum absolute atomic E-state index is 13.7. The minimum absolute atomic E-state index is 0.0113. The van der Waals surface area contributed by atoms with Gasteiger partial charge in [-0.1, -0.05) is 24.3 Å². The molecular weight excluding hydrogens is 363 g/mol. The first-order chi connectivity index (χ1) is 13.5. The van der Waals surface area contributed by atoms with Crippen LogP contribution in [0.3, 0.4) is 0 Å². The number of carbonyl (C=O) groups excluding carboxylic acids is 2. The molecule has 0 unspecified atom stereocenters. The largest absolute Gasteiger partial charge is 0.497 e. The van der Waals surface area contributed by atoms with E-state index in [4.69, 9.17) is 9.47 Å². The van der Waals surface area contributed by atoms with Crippen molar-refractivity contribution in [3.63, 3.8) is 0 Å². The average Bonchev–Trinajstić information content (AvgIpc) is 2.71. The molecule has 150 valence electrons. The molecule has 0 aliphatic rings. The second kappa shape index (κ2) is 10.3. The minimum atomic E-state index is -0.720. The van der Waals surface area contributed by atoms with E-state index in [0.717, 1.165) is 5.56 Å². The zero-order valence-electron chi connectivity index (χ0n) is 16.3. The van der Waals surface area contributed by atoms with Crippen molar-refractivity contribution in [3.8, 4) is 11.5 Å². The second-order valence-electron chi connectivity index (χ2n) is 6.16. The van der Waals surface area contributed by atoms with Gasteiger partial charge in [-0.15, -0.1) is 0 Å². The van der Waals surface area contributed by atoms with Gasteiger partial charge in [-0.3, -0.25) is 9.59 Å². The van der Waals surface area contributed by atoms with E-state index in [2.05, 4.69) is 5.32 Å². The number of likely N-dealkylation sites (N-methyl/N-ethyl adjacent to an activating group) is 1. The lowest BCUT2D eigenvalue weighted by Gasteiger charge is -2.28. The Kier molecular flexibility index (Phi) is 7.80. The number of hydrogen-bond acceptors (Lipinski definition) is 4. The summed E-state index contributed by atoms with van der Waals surface area (Å²) in [6, 6.07) is 12.4. The van der Waals surface area contributed by atoms with Gasteiger partial charge in [-0.25, -0.2) is 4.39 Å². The smallest absolute Gasteiger partial charge is 0.261 e. The Balaban J connectivity index is 2.17. The lowest BCUT2D eigenvalue weighted by Crippen LogP contribution is -2.49. The summed E-state index contributed by atoms with van der Waals surface area (Å²) < 4.78 is 24.3. The molecular formula is C21H25FN2O4. The Labute approximate surface area is 164 Å². The standard InChI is InChI=1S/C21H25FN2O4/c1-4-23-21(26)15(2)24(13-16-8-7-9-17(12-16)27-3)20(25)14-28-19-11-6-5-10-18(19)22/h5-12,15H,4,13-14H2,1-3H3,(H,23,26)/t15-/m0/s1. The molecule has 0 saturated carbocycles. The Morgan fingerprint density at radius 2 is 1.93 bits per heavy atom. The highest BCUT2D eigenvalue weighted by Crippen LogP contribution is 2.18. The van der Waals surface area contributed by atoms with E-state index in [1.54, 1.807) is 39.2 Å². The van der Waals surface area contributed by atoms with Gasteiger partial charge in [-0.2, -0.15) is 0 Å². The average molecular weight is 388 g/mol. The SMILES string of the molecule is CCNC(=O)[C@H](C)N(Cc1cccc(OC)c1)C(=O)COc1ccccc1F. The fraction of sp³-hybridized carbons (Fsp3) is 0.333. The Morgan fingerprint density at radius 3 is 2.61 bits per heavy atom. The van der Waals surface area contributed by atoms with E-state index in [9.17, 15) is 14.0 Å². The number of rotatable bonds is 9. The highest BCUT2D eigenvalue weighted by molar-refractivity contribution is 5.87. The highest BCUT2D eigenvalue weighted by atomic mass is 19.1. The van der Waals surface area contributed by atoms with E-state index in [-0.39, 0.29) is 24.8 Å². The number of nitrogens with zero attached hydrogens (tertiary/aromatic N) is 1. The van der Waals surface area contributed by atoms with Crippen molar-refractivity contribution in [1.29, 1.82) is 0 Å². The Hall–Kier alpha value is -3.09. The first kappa shape index (κ1) is 21.2. The van der Waals surface area contributed by atoms with Crippen LogP contribution in [0, 0.1) is 5.82 Å². The molecule has 0 saturated heterocycles.